The first-order valence-corrected chi connectivity index (χ1v) is 8.07. The maximum Gasteiger partial charge on any atom is 0.232 e. The lowest BCUT2D eigenvalue weighted by Gasteiger charge is -2.22. The Hall–Kier alpha value is 0.160. The quantitative estimate of drug-likeness (QED) is 0.691. The third-order valence-electron chi connectivity index (χ3n) is 2.46. The molecule has 0 aromatic rings. The SMILES string of the molecule is CC(COCC1CCCCO1)CS(=O)(=O)Cl. The largest absolute Gasteiger partial charge is 0.378 e. The molecule has 6 heteroatoms. The monoisotopic (exact) mass is 270 g/mol. The zero-order valence-electron chi connectivity index (χ0n) is 9.52. The number of hydrogen-bond acceptors (Lipinski definition) is 4. The van der Waals surface area contributed by atoms with Gasteiger partial charge < -0.3 is 9.47 Å². The Morgan fingerprint density at radius 1 is 1.50 bits per heavy atom. The second-order valence-corrected chi connectivity index (χ2v) is 7.16. The molecule has 16 heavy (non-hydrogen) atoms. The van der Waals surface area contributed by atoms with Crippen LogP contribution >= 0.6 is 10.7 Å². The molecule has 2 atom stereocenters. The molecule has 0 amide bonds. The third kappa shape index (κ3) is 6.68. The van der Waals surface area contributed by atoms with Gasteiger partial charge in [0.25, 0.3) is 0 Å². The molecule has 0 aliphatic carbocycles. The molecule has 1 heterocycles. The van der Waals surface area contributed by atoms with Gasteiger partial charge in [-0.1, -0.05) is 6.92 Å². The fourth-order valence-electron chi connectivity index (χ4n) is 1.73. The molecule has 0 spiro atoms. The fraction of sp³-hybridized carbons (Fsp3) is 1.00. The van der Waals surface area contributed by atoms with Gasteiger partial charge in [0, 0.05) is 17.3 Å². The van der Waals surface area contributed by atoms with Gasteiger partial charge in [-0.2, -0.15) is 0 Å². The van der Waals surface area contributed by atoms with Crippen molar-refractivity contribution in [1.82, 2.24) is 0 Å². The first-order valence-electron chi connectivity index (χ1n) is 5.59. The molecule has 0 saturated carbocycles. The zero-order valence-corrected chi connectivity index (χ0v) is 11.1. The predicted molar refractivity (Wildman–Crippen MR) is 63.2 cm³/mol. The minimum atomic E-state index is -3.42. The molecular formula is C10H19ClO4S. The van der Waals surface area contributed by atoms with Crippen molar-refractivity contribution in [2.45, 2.75) is 32.3 Å². The van der Waals surface area contributed by atoms with Gasteiger partial charge >= 0.3 is 0 Å². The van der Waals surface area contributed by atoms with Crippen LogP contribution < -0.4 is 0 Å². The molecule has 1 rings (SSSR count). The maximum absolute atomic E-state index is 10.8. The minimum absolute atomic E-state index is 0.0416. The molecule has 4 nitrogen and oxygen atoms in total. The van der Waals surface area contributed by atoms with Crippen molar-refractivity contribution in [3.8, 4) is 0 Å². The van der Waals surface area contributed by atoms with E-state index in [1.54, 1.807) is 0 Å². The van der Waals surface area contributed by atoms with Crippen molar-refractivity contribution in [2.24, 2.45) is 5.92 Å². The number of ether oxygens (including phenoxy) is 2. The van der Waals surface area contributed by atoms with Crippen LogP contribution in [0.5, 0.6) is 0 Å². The average molecular weight is 271 g/mol. The summed E-state index contributed by atoms with van der Waals surface area (Å²) in [5.41, 5.74) is 0. The average Bonchev–Trinajstić information content (AvgIpc) is 2.16. The summed E-state index contributed by atoms with van der Waals surface area (Å²) in [5, 5.41) is 0. The van der Waals surface area contributed by atoms with Crippen LogP contribution in [0.15, 0.2) is 0 Å². The minimum Gasteiger partial charge on any atom is -0.378 e. The highest BCUT2D eigenvalue weighted by Crippen LogP contribution is 2.13. The van der Waals surface area contributed by atoms with Gasteiger partial charge in [0.05, 0.1) is 25.1 Å². The van der Waals surface area contributed by atoms with E-state index in [4.69, 9.17) is 20.2 Å². The van der Waals surface area contributed by atoms with Crippen molar-refractivity contribution >= 4 is 19.7 Å². The van der Waals surface area contributed by atoms with Crippen LogP contribution in [-0.2, 0) is 18.5 Å². The van der Waals surface area contributed by atoms with E-state index in [0.29, 0.717) is 13.2 Å². The van der Waals surface area contributed by atoms with E-state index in [-0.39, 0.29) is 17.8 Å². The second-order valence-electron chi connectivity index (χ2n) is 4.34. The van der Waals surface area contributed by atoms with E-state index in [1.165, 1.54) is 6.42 Å². The highest BCUT2D eigenvalue weighted by molar-refractivity contribution is 8.13. The molecule has 0 bridgehead atoms. The molecular weight excluding hydrogens is 252 g/mol. The highest BCUT2D eigenvalue weighted by atomic mass is 35.7. The van der Waals surface area contributed by atoms with E-state index in [1.807, 2.05) is 6.92 Å². The van der Waals surface area contributed by atoms with E-state index < -0.39 is 9.05 Å². The molecule has 96 valence electrons. The first kappa shape index (κ1) is 14.2. The lowest BCUT2D eigenvalue weighted by atomic mass is 10.1. The van der Waals surface area contributed by atoms with Crippen LogP contribution in [0.4, 0.5) is 0 Å². The van der Waals surface area contributed by atoms with Gasteiger partial charge in [0.2, 0.25) is 9.05 Å². The molecule has 2 unspecified atom stereocenters. The number of halogens is 1. The van der Waals surface area contributed by atoms with Crippen molar-refractivity contribution in [1.29, 1.82) is 0 Å². The molecule has 0 aromatic heterocycles. The number of rotatable bonds is 6. The lowest BCUT2D eigenvalue weighted by molar-refractivity contribution is -0.0448. The van der Waals surface area contributed by atoms with Crippen LogP contribution in [0.25, 0.3) is 0 Å². The standard InChI is InChI=1S/C10H19ClO4S/c1-9(8-16(11,12)13)6-14-7-10-4-2-3-5-15-10/h9-10H,2-8H2,1H3. The van der Waals surface area contributed by atoms with Crippen molar-refractivity contribution < 1.29 is 17.9 Å². The molecule has 1 fully saturated rings. The van der Waals surface area contributed by atoms with Crippen LogP contribution in [0.1, 0.15) is 26.2 Å². The van der Waals surface area contributed by atoms with Crippen LogP contribution in [0, 0.1) is 5.92 Å². The van der Waals surface area contributed by atoms with Crippen LogP contribution in [0.3, 0.4) is 0 Å². The lowest BCUT2D eigenvalue weighted by Crippen LogP contribution is -2.26. The topological polar surface area (TPSA) is 52.6 Å². The molecule has 1 aliphatic rings. The molecule has 1 saturated heterocycles. The van der Waals surface area contributed by atoms with Crippen molar-refractivity contribution in [3.05, 3.63) is 0 Å². The Morgan fingerprint density at radius 3 is 2.81 bits per heavy atom. The molecule has 1 aliphatic heterocycles. The van der Waals surface area contributed by atoms with Crippen molar-refractivity contribution in [2.75, 3.05) is 25.6 Å². The maximum atomic E-state index is 10.8. The summed E-state index contributed by atoms with van der Waals surface area (Å²) in [6, 6.07) is 0. The molecule has 0 N–H and O–H groups in total. The van der Waals surface area contributed by atoms with Gasteiger partial charge in [-0.15, -0.1) is 0 Å². The second kappa shape index (κ2) is 6.79. The van der Waals surface area contributed by atoms with E-state index >= 15 is 0 Å². The Bertz CT molecular complexity index is 285. The normalized spacial score (nSPS) is 24.2. The highest BCUT2D eigenvalue weighted by Gasteiger charge is 2.16. The summed E-state index contributed by atoms with van der Waals surface area (Å²) >= 11 is 0. The fourth-order valence-corrected chi connectivity index (χ4v) is 3.15. The summed E-state index contributed by atoms with van der Waals surface area (Å²) in [7, 11) is 1.73. The Balaban J connectivity index is 2.10. The Kier molecular flexibility index (Phi) is 6.03. The predicted octanol–water partition coefficient (Wildman–Crippen LogP) is 1.78. The summed E-state index contributed by atoms with van der Waals surface area (Å²) in [6.07, 6.45) is 3.51. The zero-order chi connectivity index (χ0) is 12.0. The van der Waals surface area contributed by atoms with Gasteiger partial charge in [-0.25, -0.2) is 8.42 Å². The van der Waals surface area contributed by atoms with E-state index in [9.17, 15) is 8.42 Å². The first-order chi connectivity index (χ1) is 7.47. The Labute approximate surface area is 102 Å². The summed E-state index contributed by atoms with van der Waals surface area (Å²) < 4.78 is 32.5. The number of hydrogen-bond donors (Lipinski definition) is 0. The summed E-state index contributed by atoms with van der Waals surface area (Å²) in [5.74, 6) is -0.119. The van der Waals surface area contributed by atoms with E-state index in [0.717, 1.165) is 19.4 Å². The van der Waals surface area contributed by atoms with Gasteiger partial charge in [-0.05, 0) is 25.2 Å². The Morgan fingerprint density at radius 2 is 2.25 bits per heavy atom. The van der Waals surface area contributed by atoms with Crippen LogP contribution in [0.2, 0.25) is 0 Å². The van der Waals surface area contributed by atoms with Gasteiger partial charge in [0.1, 0.15) is 0 Å². The van der Waals surface area contributed by atoms with Gasteiger partial charge in [0.15, 0.2) is 0 Å². The van der Waals surface area contributed by atoms with Crippen LogP contribution in [-0.4, -0.2) is 40.1 Å². The molecule has 0 aromatic carbocycles. The van der Waals surface area contributed by atoms with Crippen molar-refractivity contribution in [3.63, 3.8) is 0 Å². The van der Waals surface area contributed by atoms with E-state index in [2.05, 4.69) is 0 Å². The molecule has 0 radical (unpaired) electrons. The summed E-state index contributed by atoms with van der Waals surface area (Å²) in [4.78, 5) is 0. The smallest absolute Gasteiger partial charge is 0.232 e. The third-order valence-corrected chi connectivity index (χ3v) is 3.81. The summed E-state index contributed by atoms with van der Waals surface area (Å²) in [6.45, 7) is 3.57. The van der Waals surface area contributed by atoms with Gasteiger partial charge in [-0.3, -0.25) is 0 Å².